The monoisotopic (exact) mass is 256 g/mol. The Morgan fingerprint density at radius 3 is 3.12 bits per heavy atom. The molecule has 1 unspecified atom stereocenters. The van der Waals surface area contributed by atoms with Crippen LogP contribution in [0.1, 0.15) is 12.0 Å². The summed E-state index contributed by atoms with van der Waals surface area (Å²) in [6, 6.07) is 4.76. The van der Waals surface area contributed by atoms with Crippen molar-refractivity contribution in [3.63, 3.8) is 0 Å². The normalized spacial score (nSPS) is 21.0. The molecule has 0 aromatic heterocycles. The van der Waals surface area contributed by atoms with Crippen LogP contribution in [0.2, 0.25) is 5.02 Å². The zero-order chi connectivity index (χ0) is 12.3. The van der Waals surface area contributed by atoms with Gasteiger partial charge in [-0.3, -0.25) is 4.90 Å². The molecule has 1 N–H and O–H groups in total. The number of rotatable bonds is 4. The van der Waals surface area contributed by atoms with Gasteiger partial charge in [0.25, 0.3) is 0 Å². The lowest BCUT2D eigenvalue weighted by Gasteiger charge is -2.16. The number of halogens is 2. The molecule has 0 spiro atoms. The van der Waals surface area contributed by atoms with E-state index in [1.165, 1.54) is 12.5 Å². The first-order valence-electron chi connectivity index (χ1n) is 6.00. The summed E-state index contributed by atoms with van der Waals surface area (Å²) >= 11 is 5.89. The number of benzene rings is 1. The van der Waals surface area contributed by atoms with Crippen LogP contribution < -0.4 is 5.32 Å². The predicted octanol–water partition coefficient (Wildman–Crippen LogP) is 2.52. The largest absolute Gasteiger partial charge is 0.319 e. The summed E-state index contributed by atoms with van der Waals surface area (Å²) in [5.41, 5.74) is 0.697. The van der Waals surface area contributed by atoms with Crippen molar-refractivity contribution in [2.75, 3.05) is 26.7 Å². The summed E-state index contributed by atoms with van der Waals surface area (Å²) in [6.45, 7) is 3.77. The molecule has 94 valence electrons. The van der Waals surface area contributed by atoms with Crippen molar-refractivity contribution >= 4 is 11.6 Å². The number of hydrogen-bond acceptors (Lipinski definition) is 2. The standard InChI is InChI=1S/C13H18ClFN2/c1-16-7-10-4-5-17(8-10)9-11-6-12(14)2-3-13(11)15/h2-3,6,10,16H,4-5,7-9H2,1H3. The van der Waals surface area contributed by atoms with Gasteiger partial charge in [-0.2, -0.15) is 0 Å². The third-order valence-corrected chi connectivity index (χ3v) is 3.50. The van der Waals surface area contributed by atoms with E-state index in [4.69, 9.17) is 11.6 Å². The fourth-order valence-corrected chi connectivity index (χ4v) is 2.61. The smallest absolute Gasteiger partial charge is 0.127 e. The number of hydrogen-bond donors (Lipinski definition) is 1. The lowest BCUT2D eigenvalue weighted by molar-refractivity contribution is 0.310. The number of nitrogens with one attached hydrogen (secondary N) is 1. The van der Waals surface area contributed by atoms with Crippen molar-refractivity contribution < 1.29 is 4.39 Å². The van der Waals surface area contributed by atoms with Crippen molar-refractivity contribution in [2.24, 2.45) is 5.92 Å². The molecule has 0 saturated carbocycles. The van der Waals surface area contributed by atoms with Gasteiger partial charge in [0, 0.05) is 23.7 Å². The van der Waals surface area contributed by atoms with Crippen molar-refractivity contribution in [3.05, 3.63) is 34.6 Å². The van der Waals surface area contributed by atoms with E-state index in [0.717, 1.165) is 19.6 Å². The van der Waals surface area contributed by atoms with E-state index in [2.05, 4.69) is 10.2 Å². The van der Waals surface area contributed by atoms with Gasteiger partial charge < -0.3 is 5.32 Å². The highest BCUT2D eigenvalue weighted by Crippen LogP contribution is 2.21. The molecular formula is C13H18ClFN2. The first-order chi connectivity index (χ1) is 8.19. The zero-order valence-electron chi connectivity index (χ0n) is 10.0. The van der Waals surface area contributed by atoms with Crippen LogP contribution in [0.5, 0.6) is 0 Å². The second-order valence-electron chi connectivity index (χ2n) is 4.68. The number of nitrogens with zero attached hydrogens (tertiary/aromatic N) is 1. The van der Waals surface area contributed by atoms with E-state index in [9.17, 15) is 4.39 Å². The quantitative estimate of drug-likeness (QED) is 0.891. The van der Waals surface area contributed by atoms with Crippen molar-refractivity contribution in [1.29, 1.82) is 0 Å². The van der Waals surface area contributed by atoms with Crippen LogP contribution in [0.25, 0.3) is 0 Å². The molecule has 1 aromatic rings. The average Bonchev–Trinajstić information content (AvgIpc) is 2.72. The van der Waals surface area contributed by atoms with Crippen LogP contribution in [0, 0.1) is 11.7 Å². The van der Waals surface area contributed by atoms with Gasteiger partial charge in [-0.1, -0.05) is 11.6 Å². The Morgan fingerprint density at radius 1 is 1.53 bits per heavy atom. The van der Waals surface area contributed by atoms with Gasteiger partial charge >= 0.3 is 0 Å². The molecule has 1 saturated heterocycles. The molecule has 4 heteroatoms. The minimum Gasteiger partial charge on any atom is -0.319 e. The minimum absolute atomic E-state index is 0.161. The molecule has 0 amide bonds. The predicted molar refractivity (Wildman–Crippen MR) is 68.7 cm³/mol. The fraction of sp³-hybridized carbons (Fsp3) is 0.538. The second-order valence-corrected chi connectivity index (χ2v) is 5.12. The Kier molecular flexibility index (Phi) is 4.37. The molecule has 0 aliphatic carbocycles. The summed E-state index contributed by atoms with van der Waals surface area (Å²) in [6.07, 6.45) is 1.18. The van der Waals surface area contributed by atoms with Gasteiger partial charge in [0.2, 0.25) is 0 Å². The molecular weight excluding hydrogens is 239 g/mol. The lowest BCUT2D eigenvalue weighted by Crippen LogP contribution is -2.24. The minimum atomic E-state index is -0.161. The molecule has 2 nitrogen and oxygen atoms in total. The maximum Gasteiger partial charge on any atom is 0.127 e. The summed E-state index contributed by atoms with van der Waals surface area (Å²) in [5, 5.41) is 3.80. The zero-order valence-corrected chi connectivity index (χ0v) is 10.8. The van der Waals surface area contributed by atoms with E-state index in [1.807, 2.05) is 7.05 Å². The first-order valence-corrected chi connectivity index (χ1v) is 6.37. The highest BCUT2D eigenvalue weighted by atomic mass is 35.5. The summed E-state index contributed by atoms with van der Waals surface area (Å²) in [5.74, 6) is 0.522. The van der Waals surface area contributed by atoms with Crippen LogP contribution in [-0.4, -0.2) is 31.6 Å². The third-order valence-electron chi connectivity index (χ3n) is 3.26. The van der Waals surface area contributed by atoms with E-state index in [1.54, 1.807) is 12.1 Å². The Labute approximate surface area is 107 Å². The SMILES string of the molecule is CNCC1CCN(Cc2cc(Cl)ccc2F)C1. The molecule has 1 heterocycles. The van der Waals surface area contributed by atoms with Crippen molar-refractivity contribution in [2.45, 2.75) is 13.0 Å². The maximum absolute atomic E-state index is 13.6. The molecule has 1 aliphatic heterocycles. The van der Waals surface area contributed by atoms with E-state index >= 15 is 0 Å². The Balaban J connectivity index is 1.95. The van der Waals surface area contributed by atoms with Crippen LogP contribution >= 0.6 is 11.6 Å². The van der Waals surface area contributed by atoms with Gasteiger partial charge in [-0.25, -0.2) is 4.39 Å². The van der Waals surface area contributed by atoms with Crippen LogP contribution in [0.3, 0.4) is 0 Å². The van der Waals surface area contributed by atoms with Crippen molar-refractivity contribution in [1.82, 2.24) is 10.2 Å². The van der Waals surface area contributed by atoms with Crippen molar-refractivity contribution in [3.8, 4) is 0 Å². The Morgan fingerprint density at radius 2 is 2.35 bits per heavy atom. The van der Waals surface area contributed by atoms with E-state index < -0.39 is 0 Å². The topological polar surface area (TPSA) is 15.3 Å². The van der Waals surface area contributed by atoms with E-state index in [-0.39, 0.29) is 5.82 Å². The molecule has 1 aliphatic rings. The van der Waals surface area contributed by atoms with Crippen LogP contribution in [0.15, 0.2) is 18.2 Å². The third kappa shape index (κ3) is 3.41. The Hall–Kier alpha value is -0.640. The molecule has 1 atom stereocenters. The fourth-order valence-electron chi connectivity index (χ4n) is 2.42. The molecule has 17 heavy (non-hydrogen) atoms. The summed E-state index contributed by atoms with van der Waals surface area (Å²) < 4.78 is 13.6. The molecule has 2 rings (SSSR count). The molecule has 1 aromatic carbocycles. The van der Waals surface area contributed by atoms with Gasteiger partial charge in [0.05, 0.1) is 0 Å². The summed E-state index contributed by atoms with van der Waals surface area (Å²) in [7, 11) is 1.97. The van der Waals surface area contributed by atoms with E-state index in [0.29, 0.717) is 23.0 Å². The van der Waals surface area contributed by atoms with Crippen LogP contribution in [0.4, 0.5) is 4.39 Å². The van der Waals surface area contributed by atoms with Gasteiger partial charge in [0.15, 0.2) is 0 Å². The second kappa shape index (κ2) is 5.80. The molecule has 0 radical (unpaired) electrons. The van der Waals surface area contributed by atoms with Crippen LogP contribution in [-0.2, 0) is 6.54 Å². The van der Waals surface area contributed by atoms with Gasteiger partial charge in [-0.15, -0.1) is 0 Å². The molecule has 0 bridgehead atoms. The average molecular weight is 257 g/mol. The molecule has 1 fully saturated rings. The highest BCUT2D eigenvalue weighted by Gasteiger charge is 2.22. The highest BCUT2D eigenvalue weighted by molar-refractivity contribution is 6.30. The maximum atomic E-state index is 13.6. The number of likely N-dealkylation sites (tertiary alicyclic amines) is 1. The van der Waals surface area contributed by atoms with Gasteiger partial charge in [-0.05, 0) is 50.7 Å². The first kappa shape index (κ1) is 12.8. The van der Waals surface area contributed by atoms with Gasteiger partial charge in [0.1, 0.15) is 5.82 Å². The lowest BCUT2D eigenvalue weighted by atomic mass is 10.1. The Bertz CT molecular complexity index is 384. The summed E-state index contributed by atoms with van der Waals surface area (Å²) in [4.78, 5) is 2.29.